The first-order chi connectivity index (χ1) is 22.1. The zero-order chi connectivity index (χ0) is 32.7. The van der Waals surface area contributed by atoms with Crippen molar-refractivity contribution >= 4 is 14.0 Å². The van der Waals surface area contributed by atoms with Gasteiger partial charge in [0.2, 0.25) is 8.32 Å². The number of anilines is 1. The Morgan fingerprint density at radius 1 is 0.848 bits per heavy atom. The average molecular weight is 643 g/mol. The van der Waals surface area contributed by atoms with Crippen molar-refractivity contribution in [2.24, 2.45) is 0 Å². The van der Waals surface area contributed by atoms with Crippen LogP contribution < -0.4 is 18.8 Å². The molecule has 6 heteroatoms. The van der Waals surface area contributed by atoms with Crippen LogP contribution in [0.4, 0.5) is 5.69 Å². The van der Waals surface area contributed by atoms with Crippen molar-refractivity contribution < 1.29 is 13.9 Å². The van der Waals surface area contributed by atoms with Crippen LogP contribution in [-0.4, -0.2) is 53.1 Å². The highest BCUT2D eigenvalue weighted by atomic mass is 28.4. The minimum atomic E-state index is -1.88. The number of hydrogen-bond donors (Lipinski definition) is 0. The van der Waals surface area contributed by atoms with E-state index in [1.165, 1.54) is 73.1 Å². The Balaban J connectivity index is 1.29. The molecule has 2 aliphatic rings. The summed E-state index contributed by atoms with van der Waals surface area (Å²) in [5.41, 5.74) is 6.93. The number of hydrogen-bond acceptors (Lipinski definition) is 5. The first kappa shape index (κ1) is 34.4. The van der Waals surface area contributed by atoms with Crippen molar-refractivity contribution in [1.82, 2.24) is 4.90 Å². The van der Waals surface area contributed by atoms with Gasteiger partial charge in [-0.2, -0.15) is 0 Å². The number of likely N-dealkylation sites (tertiary alicyclic amines) is 1. The van der Waals surface area contributed by atoms with Crippen LogP contribution in [0.5, 0.6) is 17.2 Å². The molecule has 5 rings (SSSR count). The van der Waals surface area contributed by atoms with Crippen LogP contribution >= 0.6 is 0 Å². The highest BCUT2D eigenvalue weighted by Gasteiger charge is 2.39. The smallest absolute Gasteiger partial charge is 0.250 e. The van der Waals surface area contributed by atoms with E-state index in [0.29, 0.717) is 5.92 Å². The maximum atomic E-state index is 6.69. The van der Waals surface area contributed by atoms with Crippen molar-refractivity contribution in [1.29, 1.82) is 0 Å². The highest BCUT2D eigenvalue weighted by Crippen LogP contribution is 2.41. The second-order valence-corrected chi connectivity index (χ2v) is 19.6. The molecule has 0 bridgehead atoms. The van der Waals surface area contributed by atoms with Crippen LogP contribution in [0.1, 0.15) is 88.0 Å². The third kappa shape index (κ3) is 8.68. The fraction of sp³-hybridized carbons (Fsp3) is 0.550. The van der Waals surface area contributed by atoms with Gasteiger partial charge in [-0.3, -0.25) is 4.90 Å². The third-order valence-electron chi connectivity index (χ3n) is 10.6. The Bertz CT molecular complexity index is 1410. The summed E-state index contributed by atoms with van der Waals surface area (Å²) in [6.07, 6.45) is 8.52. The van der Waals surface area contributed by atoms with E-state index in [-0.39, 0.29) is 5.04 Å². The van der Waals surface area contributed by atoms with E-state index in [1.54, 1.807) is 7.11 Å². The van der Waals surface area contributed by atoms with Crippen LogP contribution in [0, 0.1) is 0 Å². The van der Waals surface area contributed by atoms with Crippen molar-refractivity contribution in [2.45, 2.75) is 103 Å². The molecule has 1 saturated heterocycles. The van der Waals surface area contributed by atoms with E-state index < -0.39 is 8.32 Å². The molecule has 46 heavy (non-hydrogen) atoms. The summed E-state index contributed by atoms with van der Waals surface area (Å²) in [6, 6.07) is 22.3. The Hall–Kier alpha value is -2.96. The van der Waals surface area contributed by atoms with Crippen LogP contribution in [0.2, 0.25) is 18.1 Å². The largest absolute Gasteiger partial charge is 0.543 e. The summed E-state index contributed by atoms with van der Waals surface area (Å²) in [7, 11) is -0.109. The zero-order valence-electron chi connectivity index (χ0n) is 29.7. The number of benzene rings is 3. The molecule has 0 aromatic heterocycles. The van der Waals surface area contributed by atoms with Crippen molar-refractivity contribution in [3.05, 3.63) is 82.9 Å². The molecule has 0 saturated carbocycles. The summed E-state index contributed by atoms with van der Waals surface area (Å²) in [5.74, 6) is 3.38. The number of nitrogens with zero attached hydrogens (tertiary/aromatic N) is 2. The van der Waals surface area contributed by atoms with Gasteiger partial charge in [0.15, 0.2) is 0 Å². The second-order valence-electron chi connectivity index (χ2n) is 14.9. The minimum Gasteiger partial charge on any atom is -0.543 e. The van der Waals surface area contributed by atoms with Crippen LogP contribution in [-0.2, 0) is 19.4 Å². The van der Waals surface area contributed by atoms with Gasteiger partial charge in [0.25, 0.3) is 0 Å². The molecule has 3 aromatic rings. The standard InChI is InChI=1S/C40H58N2O3Si/c1-8-42(30-31-15-18-35(19-16-31)44-26-25-41-23-10-9-11-24-41)39-29-36(43-5)21-22-38(39)34-14-12-13-32-28-37(20-17-33(32)27-34)45-46(6,7)40(2,3)4/h15-22,28-29,34H,8-14,23-27,30H2,1-7H3. The second kappa shape index (κ2) is 15.3. The minimum absolute atomic E-state index is 0.184. The fourth-order valence-corrected chi connectivity index (χ4v) is 7.76. The molecule has 1 aliphatic carbocycles. The summed E-state index contributed by atoms with van der Waals surface area (Å²) >= 11 is 0. The van der Waals surface area contributed by atoms with E-state index in [2.05, 4.69) is 111 Å². The van der Waals surface area contributed by atoms with Gasteiger partial charge in [-0.1, -0.05) is 51.5 Å². The number of ether oxygens (including phenoxy) is 2. The number of rotatable bonds is 12. The molecular formula is C40H58N2O3Si. The number of piperidine rings is 1. The summed E-state index contributed by atoms with van der Waals surface area (Å²) < 4.78 is 18.5. The van der Waals surface area contributed by atoms with Gasteiger partial charge >= 0.3 is 0 Å². The van der Waals surface area contributed by atoms with Crippen LogP contribution in [0.15, 0.2) is 60.7 Å². The normalized spacial score (nSPS) is 17.6. The molecule has 1 fully saturated rings. The molecule has 1 atom stereocenters. The maximum Gasteiger partial charge on any atom is 0.250 e. The van der Waals surface area contributed by atoms with E-state index in [4.69, 9.17) is 13.9 Å². The summed E-state index contributed by atoms with van der Waals surface area (Å²) in [4.78, 5) is 5.03. The molecule has 250 valence electrons. The van der Waals surface area contributed by atoms with Gasteiger partial charge in [-0.05, 0) is 135 Å². The SMILES string of the molecule is CCN(Cc1ccc(OCCN2CCCCC2)cc1)c1cc(OC)ccc1C1CCCc2cc(O[Si](C)(C)C(C)(C)C)ccc2C1. The number of aryl methyl sites for hydroxylation is 1. The third-order valence-corrected chi connectivity index (χ3v) is 15.0. The Morgan fingerprint density at radius 2 is 1.57 bits per heavy atom. The van der Waals surface area contributed by atoms with Gasteiger partial charge in [-0.25, -0.2) is 0 Å². The Labute approximate surface area is 280 Å². The first-order valence-corrected chi connectivity index (χ1v) is 20.6. The first-order valence-electron chi connectivity index (χ1n) is 17.7. The Morgan fingerprint density at radius 3 is 2.26 bits per heavy atom. The van der Waals surface area contributed by atoms with Crippen molar-refractivity contribution in [2.75, 3.05) is 44.8 Å². The van der Waals surface area contributed by atoms with Gasteiger partial charge in [0.1, 0.15) is 23.9 Å². The van der Waals surface area contributed by atoms with E-state index in [0.717, 1.165) is 56.3 Å². The van der Waals surface area contributed by atoms with Crippen molar-refractivity contribution in [3.8, 4) is 17.2 Å². The quantitative estimate of drug-likeness (QED) is 0.145. The average Bonchev–Trinajstić information content (AvgIpc) is 3.26. The lowest BCUT2D eigenvalue weighted by Crippen LogP contribution is -2.43. The van der Waals surface area contributed by atoms with Gasteiger partial charge in [-0.15, -0.1) is 0 Å². The predicted octanol–water partition coefficient (Wildman–Crippen LogP) is 9.63. The topological polar surface area (TPSA) is 34.2 Å². The lowest BCUT2D eigenvalue weighted by molar-refractivity contribution is 0.183. The Kier molecular flexibility index (Phi) is 11.4. The lowest BCUT2D eigenvalue weighted by atomic mass is 9.88. The van der Waals surface area contributed by atoms with Gasteiger partial charge in [0.05, 0.1) is 7.11 Å². The molecule has 0 amide bonds. The fourth-order valence-electron chi connectivity index (χ4n) is 6.74. The molecule has 1 unspecified atom stereocenters. The van der Waals surface area contributed by atoms with E-state index in [9.17, 15) is 0 Å². The van der Waals surface area contributed by atoms with Crippen molar-refractivity contribution in [3.63, 3.8) is 0 Å². The molecular weight excluding hydrogens is 585 g/mol. The van der Waals surface area contributed by atoms with Crippen LogP contribution in [0.3, 0.4) is 0 Å². The molecule has 5 nitrogen and oxygen atoms in total. The zero-order valence-corrected chi connectivity index (χ0v) is 30.7. The lowest BCUT2D eigenvalue weighted by Gasteiger charge is -2.36. The molecule has 0 radical (unpaired) electrons. The number of fused-ring (bicyclic) bond motifs is 1. The molecule has 0 N–H and O–H groups in total. The van der Waals surface area contributed by atoms with Crippen LogP contribution in [0.25, 0.3) is 0 Å². The molecule has 3 aromatic carbocycles. The summed E-state index contributed by atoms with van der Waals surface area (Å²) in [6.45, 7) is 19.8. The monoisotopic (exact) mass is 642 g/mol. The van der Waals surface area contributed by atoms with Gasteiger partial charge in [0, 0.05) is 31.4 Å². The molecule has 1 heterocycles. The highest BCUT2D eigenvalue weighted by molar-refractivity contribution is 6.74. The van der Waals surface area contributed by atoms with E-state index in [1.807, 2.05) is 0 Å². The molecule has 1 aliphatic heterocycles. The summed E-state index contributed by atoms with van der Waals surface area (Å²) in [5, 5.41) is 0.184. The maximum absolute atomic E-state index is 6.69. The predicted molar refractivity (Wildman–Crippen MR) is 196 cm³/mol. The molecule has 0 spiro atoms. The van der Waals surface area contributed by atoms with E-state index >= 15 is 0 Å². The van der Waals surface area contributed by atoms with Gasteiger partial charge < -0.3 is 18.8 Å². The number of methoxy groups -OCH3 is 1.